The van der Waals surface area contributed by atoms with Gasteiger partial charge in [-0.05, 0) is 12.1 Å². The Balaban J connectivity index is 1.53. The SMILES string of the molecule is CC(=O)N[C@@H](Cc1cnc[nH]1)C(=O)NCCc1noc(-c2ccccc2)n1. The Morgan fingerprint density at radius 3 is 2.78 bits per heavy atom. The number of carbonyl (C=O) groups is 2. The first-order chi connectivity index (χ1) is 13.1. The number of H-pyrrole nitrogens is 1. The smallest absolute Gasteiger partial charge is 0.257 e. The standard InChI is InChI=1S/C18H20N6O3/c1-12(25)22-15(9-14-10-19-11-21-14)17(26)20-8-7-16-23-18(27-24-16)13-5-3-2-4-6-13/h2-6,10-11,15H,7-9H2,1H3,(H,19,21)(H,20,26)(H,22,25)/t15-/m0/s1. The van der Waals surface area contributed by atoms with Crippen LogP contribution >= 0.6 is 0 Å². The number of aromatic amines is 1. The molecule has 9 heteroatoms. The molecule has 9 nitrogen and oxygen atoms in total. The van der Waals surface area contributed by atoms with E-state index in [-0.39, 0.29) is 11.8 Å². The molecule has 0 aliphatic carbocycles. The summed E-state index contributed by atoms with van der Waals surface area (Å²) < 4.78 is 5.24. The van der Waals surface area contributed by atoms with Crippen LogP contribution in [-0.4, -0.2) is 44.5 Å². The molecular weight excluding hydrogens is 348 g/mol. The number of benzene rings is 1. The van der Waals surface area contributed by atoms with E-state index in [0.717, 1.165) is 11.3 Å². The molecule has 0 spiro atoms. The molecule has 2 amide bonds. The maximum Gasteiger partial charge on any atom is 0.257 e. The van der Waals surface area contributed by atoms with E-state index in [0.29, 0.717) is 31.1 Å². The summed E-state index contributed by atoms with van der Waals surface area (Å²) in [5.41, 5.74) is 1.60. The number of nitrogens with one attached hydrogen (secondary N) is 3. The van der Waals surface area contributed by atoms with E-state index in [4.69, 9.17) is 4.52 Å². The van der Waals surface area contributed by atoms with Crippen molar-refractivity contribution in [3.63, 3.8) is 0 Å². The van der Waals surface area contributed by atoms with Crippen molar-refractivity contribution < 1.29 is 14.1 Å². The molecule has 3 rings (SSSR count). The Morgan fingerprint density at radius 1 is 1.26 bits per heavy atom. The van der Waals surface area contributed by atoms with Crippen molar-refractivity contribution in [1.29, 1.82) is 0 Å². The molecule has 3 aromatic rings. The van der Waals surface area contributed by atoms with Gasteiger partial charge in [0.25, 0.3) is 5.89 Å². The van der Waals surface area contributed by atoms with Gasteiger partial charge in [-0.2, -0.15) is 4.98 Å². The highest BCUT2D eigenvalue weighted by molar-refractivity contribution is 5.87. The molecule has 0 unspecified atom stereocenters. The average Bonchev–Trinajstić information content (AvgIpc) is 3.33. The second-order valence-electron chi connectivity index (χ2n) is 5.96. The van der Waals surface area contributed by atoms with E-state index in [2.05, 4.69) is 30.7 Å². The maximum atomic E-state index is 12.4. The second-order valence-corrected chi connectivity index (χ2v) is 5.96. The van der Waals surface area contributed by atoms with E-state index in [1.165, 1.54) is 13.3 Å². The number of aromatic nitrogens is 4. The number of hydrogen-bond acceptors (Lipinski definition) is 6. The lowest BCUT2D eigenvalue weighted by molar-refractivity contribution is -0.128. The van der Waals surface area contributed by atoms with Crippen molar-refractivity contribution in [2.24, 2.45) is 0 Å². The van der Waals surface area contributed by atoms with Crippen LogP contribution < -0.4 is 10.6 Å². The van der Waals surface area contributed by atoms with Gasteiger partial charge in [0.15, 0.2) is 5.82 Å². The van der Waals surface area contributed by atoms with E-state index < -0.39 is 6.04 Å². The summed E-state index contributed by atoms with van der Waals surface area (Å²) in [6.45, 7) is 1.70. The Labute approximate surface area is 155 Å². The highest BCUT2D eigenvalue weighted by Crippen LogP contribution is 2.15. The first-order valence-electron chi connectivity index (χ1n) is 8.52. The van der Waals surface area contributed by atoms with Gasteiger partial charge in [0.1, 0.15) is 6.04 Å². The summed E-state index contributed by atoms with van der Waals surface area (Å²) in [7, 11) is 0. The minimum atomic E-state index is -0.687. The van der Waals surface area contributed by atoms with Crippen LogP contribution in [0.4, 0.5) is 0 Å². The highest BCUT2D eigenvalue weighted by Gasteiger charge is 2.20. The Kier molecular flexibility index (Phi) is 5.93. The summed E-state index contributed by atoms with van der Waals surface area (Å²) in [6, 6.07) is 8.76. The van der Waals surface area contributed by atoms with Crippen LogP contribution in [0.2, 0.25) is 0 Å². The normalized spacial score (nSPS) is 11.7. The van der Waals surface area contributed by atoms with Crippen LogP contribution in [0, 0.1) is 0 Å². The third-order valence-electron chi connectivity index (χ3n) is 3.81. The van der Waals surface area contributed by atoms with Crippen molar-refractivity contribution in [1.82, 2.24) is 30.7 Å². The van der Waals surface area contributed by atoms with Gasteiger partial charge >= 0.3 is 0 Å². The predicted octanol–water partition coefficient (Wildman–Crippen LogP) is 0.866. The largest absolute Gasteiger partial charge is 0.354 e. The monoisotopic (exact) mass is 368 g/mol. The summed E-state index contributed by atoms with van der Waals surface area (Å²) in [6.07, 6.45) is 3.88. The first kappa shape index (κ1) is 18.3. The van der Waals surface area contributed by atoms with Gasteiger partial charge < -0.3 is 20.1 Å². The minimum absolute atomic E-state index is 0.277. The molecule has 2 heterocycles. The topological polar surface area (TPSA) is 126 Å². The quantitative estimate of drug-likeness (QED) is 0.541. The van der Waals surface area contributed by atoms with Gasteiger partial charge in [0.05, 0.1) is 6.33 Å². The number of imidazole rings is 1. The number of hydrogen-bond donors (Lipinski definition) is 3. The van der Waals surface area contributed by atoms with Crippen LogP contribution in [0.5, 0.6) is 0 Å². The molecule has 2 aromatic heterocycles. The van der Waals surface area contributed by atoms with E-state index in [9.17, 15) is 9.59 Å². The fraction of sp³-hybridized carbons (Fsp3) is 0.278. The Bertz CT molecular complexity index is 876. The predicted molar refractivity (Wildman–Crippen MR) is 96.3 cm³/mol. The first-order valence-corrected chi connectivity index (χ1v) is 8.52. The van der Waals surface area contributed by atoms with Gasteiger partial charge in [-0.15, -0.1) is 0 Å². The molecule has 1 atom stereocenters. The van der Waals surface area contributed by atoms with E-state index in [1.54, 1.807) is 6.20 Å². The molecule has 0 fully saturated rings. The minimum Gasteiger partial charge on any atom is -0.354 e. The summed E-state index contributed by atoms with van der Waals surface area (Å²) in [5.74, 6) is 0.373. The molecule has 3 N–H and O–H groups in total. The highest BCUT2D eigenvalue weighted by atomic mass is 16.5. The fourth-order valence-electron chi connectivity index (χ4n) is 2.55. The zero-order valence-electron chi connectivity index (χ0n) is 14.8. The van der Waals surface area contributed by atoms with E-state index in [1.807, 2.05) is 30.3 Å². The molecule has 0 bridgehead atoms. The van der Waals surface area contributed by atoms with E-state index >= 15 is 0 Å². The summed E-state index contributed by atoms with van der Waals surface area (Å²) >= 11 is 0. The van der Waals surface area contributed by atoms with Gasteiger partial charge in [-0.25, -0.2) is 4.98 Å². The number of rotatable bonds is 8. The van der Waals surface area contributed by atoms with Crippen molar-refractivity contribution in [3.8, 4) is 11.5 Å². The molecule has 140 valence electrons. The third-order valence-corrected chi connectivity index (χ3v) is 3.81. The number of carbonyl (C=O) groups excluding carboxylic acids is 2. The van der Waals surface area contributed by atoms with Crippen molar-refractivity contribution >= 4 is 11.8 Å². The summed E-state index contributed by atoms with van der Waals surface area (Å²) in [5, 5.41) is 9.36. The lowest BCUT2D eigenvalue weighted by Crippen LogP contribution is -2.47. The van der Waals surface area contributed by atoms with Gasteiger partial charge in [-0.3, -0.25) is 9.59 Å². The van der Waals surface area contributed by atoms with Crippen LogP contribution in [0.15, 0.2) is 47.4 Å². The van der Waals surface area contributed by atoms with Gasteiger partial charge in [0.2, 0.25) is 11.8 Å². The Hall–Kier alpha value is -3.49. The van der Waals surface area contributed by atoms with Gasteiger partial charge in [0, 0.05) is 43.8 Å². The molecule has 1 aromatic carbocycles. The average molecular weight is 368 g/mol. The van der Waals surface area contributed by atoms with Crippen LogP contribution in [0.25, 0.3) is 11.5 Å². The van der Waals surface area contributed by atoms with Gasteiger partial charge in [-0.1, -0.05) is 23.4 Å². The van der Waals surface area contributed by atoms with Crippen LogP contribution in [0.3, 0.4) is 0 Å². The zero-order chi connectivity index (χ0) is 19.1. The molecule has 0 aliphatic rings. The van der Waals surface area contributed by atoms with Crippen LogP contribution in [0.1, 0.15) is 18.4 Å². The Morgan fingerprint density at radius 2 is 2.07 bits per heavy atom. The second kappa shape index (κ2) is 8.75. The molecular formula is C18H20N6O3. The van der Waals surface area contributed by atoms with Crippen molar-refractivity contribution in [3.05, 3.63) is 54.4 Å². The molecule has 0 aliphatic heterocycles. The van der Waals surface area contributed by atoms with Crippen molar-refractivity contribution in [2.75, 3.05) is 6.54 Å². The number of nitrogens with zero attached hydrogens (tertiary/aromatic N) is 3. The zero-order valence-corrected chi connectivity index (χ0v) is 14.8. The number of amides is 2. The maximum absolute atomic E-state index is 12.4. The van der Waals surface area contributed by atoms with Crippen molar-refractivity contribution in [2.45, 2.75) is 25.8 Å². The molecule has 0 saturated heterocycles. The lowest BCUT2D eigenvalue weighted by atomic mass is 10.1. The third kappa shape index (κ3) is 5.24. The molecule has 0 radical (unpaired) electrons. The fourth-order valence-corrected chi connectivity index (χ4v) is 2.55. The summed E-state index contributed by atoms with van der Waals surface area (Å²) in [4.78, 5) is 34.9. The molecule has 27 heavy (non-hydrogen) atoms. The molecule has 0 saturated carbocycles. The van der Waals surface area contributed by atoms with Crippen LogP contribution in [-0.2, 0) is 22.4 Å². The lowest BCUT2D eigenvalue weighted by Gasteiger charge is -2.16.